The van der Waals surface area contributed by atoms with Gasteiger partial charge < -0.3 is 25.8 Å². The van der Waals surface area contributed by atoms with Gasteiger partial charge in [0.15, 0.2) is 28.8 Å². The Labute approximate surface area is 117 Å². The molecule has 112 valence electrons. The summed E-state index contributed by atoms with van der Waals surface area (Å²) < 4.78 is 6.69. The van der Waals surface area contributed by atoms with Crippen molar-refractivity contribution >= 4 is 17.1 Å². The molecule has 0 amide bonds. The molecule has 3 rings (SSSR count). The largest absolute Gasteiger partial charge is 0.506 e. The van der Waals surface area contributed by atoms with E-state index >= 15 is 0 Å². The molecule has 0 aliphatic carbocycles. The van der Waals surface area contributed by atoms with Gasteiger partial charge in [0.2, 0.25) is 11.7 Å². The average molecular weight is 295 g/mol. The highest BCUT2D eigenvalue weighted by atomic mass is 16.6. The average Bonchev–Trinajstić information content (AvgIpc) is 2.95. The van der Waals surface area contributed by atoms with Crippen molar-refractivity contribution in [3.05, 3.63) is 28.2 Å². The first-order chi connectivity index (χ1) is 9.88. The predicted molar refractivity (Wildman–Crippen MR) is 70.0 cm³/mol. The first-order valence-corrected chi connectivity index (χ1v) is 6.01. The van der Waals surface area contributed by atoms with Crippen molar-refractivity contribution in [1.29, 1.82) is 0 Å². The van der Waals surface area contributed by atoms with Crippen LogP contribution in [0, 0.1) is 0 Å². The second-order valence-electron chi connectivity index (χ2n) is 4.76. The van der Waals surface area contributed by atoms with Crippen LogP contribution in [-0.2, 0) is 10.5 Å². The highest BCUT2D eigenvalue weighted by Crippen LogP contribution is 2.37. The van der Waals surface area contributed by atoms with Gasteiger partial charge in [-0.05, 0) is 6.92 Å². The minimum Gasteiger partial charge on any atom is -0.506 e. The zero-order valence-corrected chi connectivity index (χ0v) is 10.9. The number of H-pyrrole nitrogens is 1. The van der Waals surface area contributed by atoms with E-state index in [2.05, 4.69) is 15.0 Å². The highest BCUT2D eigenvalue weighted by molar-refractivity contribution is 5.70. The Bertz CT molecular complexity index is 809. The van der Waals surface area contributed by atoms with E-state index in [1.165, 1.54) is 17.8 Å². The first-order valence-electron chi connectivity index (χ1n) is 6.01. The Morgan fingerprint density at radius 2 is 2.33 bits per heavy atom. The molecule has 0 saturated carbocycles. The van der Waals surface area contributed by atoms with E-state index in [4.69, 9.17) is 15.6 Å². The van der Waals surface area contributed by atoms with Crippen LogP contribution in [0.5, 0.6) is 0 Å². The number of nitrogen functional groups attached to an aromatic ring is 1. The molecule has 3 heterocycles. The van der Waals surface area contributed by atoms with E-state index in [9.17, 15) is 15.0 Å². The van der Waals surface area contributed by atoms with Crippen molar-refractivity contribution in [2.45, 2.75) is 18.8 Å². The lowest BCUT2D eigenvalue weighted by Gasteiger charge is -2.29. The fourth-order valence-electron chi connectivity index (χ4n) is 2.31. The maximum atomic E-state index is 11.7. The molecule has 10 nitrogen and oxygen atoms in total. The standard InChI is InChI=1S/C11H13N5O5/c1-11(7(19)6(18)4(2-17)21-11)16-3-13-5-8(16)14-10(12)15-9(5)20/h3,7,17-19H,2H2,1H3,(H3,12,14,15,20)/t7?,11-/m1/s1. The van der Waals surface area contributed by atoms with E-state index in [-0.39, 0.29) is 22.9 Å². The van der Waals surface area contributed by atoms with E-state index in [0.29, 0.717) is 0 Å². The van der Waals surface area contributed by atoms with Crippen molar-refractivity contribution in [1.82, 2.24) is 19.5 Å². The summed E-state index contributed by atoms with van der Waals surface area (Å²) in [7, 11) is 0. The van der Waals surface area contributed by atoms with E-state index in [1.54, 1.807) is 0 Å². The van der Waals surface area contributed by atoms with Crippen LogP contribution in [-0.4, -0.2) is 47.5 Å². The number of imidazole rings is 1. The summed E-state index contributed by atoms with van der Waals surface area (Å²) in [6, 6.07) is 0. The van der Waals surface area contributed by atoms with Crippen LogP contribution >= 0.6 is 0 Å². The molecule has 10 heteroatoms. The molecule has 0 aromatic carbocycles. The Morgan fingerprint density at radius 1 is 1.62 bits per heavy atom. The normalized spacial score (nSPS) is 25.6. The van der Waals surface area contributed by atoms with Gasteiger partial charge in [-0.3, -0.25) is 14.3 Å². The summed E-state index contributed by atoms with van der Waals surface area (Å²) in [6.07, 6.45) is -0.220. The van der Waals surface area contributed by atoms with Crippen LogP contribution < -0.4 is 11.3 Å². The Hall–Kier alpha value is -2.59. The molecular weight excluding hydrogens is 282 g/mol. The van der Waals surface area contributed by atoms with Gasteiger partial charge in [-0.1, -0.05) is 0 Å². The van der Waals surface area contributed by atoms with Crippen LogP contribution in [0.25, 0.3) is 11.2 Å². The van der Waals surface area contributed by atoms with E-state index in [1.807, 2.05) is 0 Å². The summed E-state index contributed by atoms with van der Waals surface area (Å²) in [4.78, 5) is 21.9. The van der Waals surface area contributed by atoms with Gasteiger partial charge in [-0.25, -0.2) is 4.98 Å². The van der Waals surface area contributed by atoms with Crippen molar-refractivity contribution < 1.29 is 20.1 Å². The zero-order chi connectivity index (χ0) is 15.4. The monoisotopic (exact) mass is 295 g/mol. The highest BCUT2D eigenvalue weighted by Gasteiger charge is 2.48. The molecule has 1 aliphatic heterocycles. The number of nitrogens with zero attached hydrogens (tertiary/aromatic N) is 3. The minimum atomic E-state index is -1.51. The number of rotatable bonds is 2. The molecule has 0 saturated heterocycles. The Kier molecular flexibility index (Phi) is 2.68. The number of aromatic nitrogens is 4. The molecule has 2 aromatic heterocycles. The topological polar surface area (TPSA) is 160 Å². The summed E-state index contributed by atoms with van der Waals surface area (Å²) in [5, 5.41) is 29.0. The molecule has 1 aliphatic rings. The number of fused-ring (bicyclic) bond motifs is 1. The number of hydrogen-bond donors (Lipinski definition) is 5. The van der Waals surface area contributed by atoms with Gasteiger partial charge in [0, 0.05) is 0 Å². The molecule has 2 aromatic rings. The molecule has 21 heavy (non-hydrogen) atoms. The van der Waals surface area contributed by atoms with Crippen LogP contribution in [0.3, 0.4) is 0 Å². The van der Waals surface area contributed by atoms with Crippen LogP contribution in [0.4, 0.5) is 5.95 Å². The SMILES string of the molecule is C[C@@]1(n2cnc3c(=O)[nH]c(N)nc32)OC(CO)=C(O)C1O. The summed E-state index contributed by atoms with van der Waals surface area (Å²) >= 11 is 0. The molecule has 6 N–H and O–H groups in total. The van der Waals surface area contributed by atoms with Gasteiger partial charge >= 0.3 is 0 Å². The van der Waals surface area contributed by atoms with Crippen molar-refractivity contribution in [2.24, 2.45) is 0 Å². The number of aromatic amines is 1. The minimum absolute atomic E-state index is 0.0122. The third kappa shape index (κ3) is 1.69. The maximum absolute atomic E-state index is 11.7. The van der Waals surface area contributed by atoms with Crippen molar-refractivity contribution in [2.75, 3.05) is 12.3 Å². The number of hydrogen-bond acceptors (Lipinski definition) is 8. The van der Waals surface area contributed by atoms with Crippen LogP contribution in [0.1, 0.15) is 6.92 Å². The molecule has 0 radical (unpaired) electrons. The second-order valence-corrected chi connectivity index (χ2v) is 4.76. The number of aliphatic hydroxyl groups excluding tert-OH is 3. The van der Waals surface area contributed by atoms with E-state index in [0.717, 1.165) is 0 Å². The predicted octanol–water partition coefficient (Wildman–Crippen LogP) is -1.47. The van der Waals surface area contributed by atoms with Gasteiger partial charge in [-0.2, -0.15) is 4.98 Å². The lowest BCUT2D eigenvalue weighted by molar-refractivity contribution is -0.104. The third-order valence-electron chi connectivity index (χ3n) is 3.43. The molecular formula is C11H13N5O5. The number of ether oxygens (including phenoxy) is 1. The summed E-state index contributed by atoms with van der Waals surface area (Å²) in [6.45, 7) is 0.873. The third-order valence-corrected chi connectivity index (χ3v) is 3.43. The number of nitrogens with two attached hydrogens (primary N) is 1. The molecule has 0 fully saturated rings. The second kappa shape index (κ2) is 4.20. The van der Waals surface area contributed by atoms with Gasteiger partial charge in [0.25, 0.3) is 5.56 Å². The first kappa shape index (κ1) is 13.4. The molecule has 0 spiro atoms. The van der Waals surface area contributed by atoms with Crippen molar-refractivity contribution in [3.63, 3.8) is 0 Å². The van der Waals surface area contributed by atoms with Crippen LogP contribution in [0.2, 0.25) is 0 Å². The smallest absolute Gasteiger partial charge is 0.280 e. The summed E-state index contributed by atoms with van der Waals surface area (Å²) in [5.41, 5.74) is 3.55. The zero-order valence-electron chi connectivity index (χ0n) is 10.9. The lowest BCUT2D eigenvalue weighted by atomic mass is 10.1. The number of anilines is 1. The fourth-order valence-corrected chi connectivity index (χ4v) is 2.31. The van der Waals surface area contributed by atoms with Crippen LogP contribution in [0.15, 0.2) is 22.6 Å². The van der Waals surface area contributed by atoms with Gasteiger partial charge in [0.1, 0.15) is 12.9 Å². The number of nitrogens with one attached hydrogen (secondary N) is 1. The van der Waals surface area contributed by atoms with E-state index < -0.39 is 29.8 Å². The molecule has 2 atom stereocenters. The van der Waals surface area contributed by atoms with Gasteiger partial charge in [-0.15, -0.1) is 0 Å². The maximum Gasteiger partial charge on any atom is 0.280 e. The molecule has 1 unspecified atom stereocenters. The molecule has 0 bridgehead atoms. The fraction of sp³-hybridized carbons (Fsp3) is 0.364. The Morgan fingerprint density at radius 3 is 2.95 bits per heavy atom. The number of aliphatic hydroxyl groups is 3. The van der Waals surface area contributed by atoms with Gasteiger partial charge in [0.05, 0.1) is 0 Å². The van der Waals surface area contributed by atoms with Crippen molar-refractivity contribution in [3.8, 4) is 0 Å². The lowest BCUT2D eigenvalue weighted by Crippen LogP contribution is -2.41. The quantitative estimate of drug-likeness (QED) is 0.448. The Balaban J connectivity index is 2.20. The summed E-state index contributed by atoms with van der Waals surface area (Å²) in [5.74, 6) is -0.769.